The standard InChI is InChI=1S/C42H48Cl3N7O2/c1-25(30-16-14-27(43)22-32(30)45)51-24-47-37(26-10-6-5-7-11-26)38(51)36-31-17-15-28(44)23-35(31)52(46)39(36)40(53)49-33-12-8-9-13-34(33)50-20-18-29(19-21-50)48-41(54)42(2,3)4/h5-7,10-11,14-17,22-25,29,33-34H,8-9,12-13,18-21,46H2,1-4H3,(H,48,54)(H,49,53)/t25-,33-,34?/m0/s1. The van der Waals surface area contributed by atoms with Crippen LogP contribution in [0.3, 0.4) is 0 Å². The van der Waals surface area contributed by atoms with Crippen LogP contribution in [0.1, 0.15) is 88.3 Å². The van der Waals surface area contributed by atoms with Crippen molar-refractivity contribution in [3.63, 3.8) is 0 Å². The number of carbonyl (C=O) groups excluding carboxylic acids is 2. The van der Waals surface area contributed by atoms with E-state index in [2.05, 4.69) is 27.0 Å². The fraction of sp³-hybridized carbons (Fsp3) is 0.405. The fourth-order valence-corrected chi connectivity index (χ4v) is 8.91. The summed E-state index contributed by atoms with van der Waals surface area (Å²) in [6, 6.07) is 20.9. The van der Waals surface area contributed by atoms with Crippen LogP contribution in [0.15, 0.2) is 73.1 Å². The van der Waals surface area contributed by atoms with Crippen molar-refractivity contribution >= 4 is 57.5 Å². The van der Waals surface area contributed by atoms with Gasteiger partial charge in [-0.05, 0) is 62.4 Å². The lowest BCUT2D eigenvalue weighted by Gasteiger charge is -2.43. The number of rotatable bonds is 8. The number of hydrogen-bond acceptors (Lipinski definition) is 5. The number of halogens is 3. The molecule has 1 aliphatic carbocycles. The van der Waals surface area contributed by atoms with Gasteiger partial charge in [-0.15, -0.1) is 0 Å². The Hall–Kier alpha value is -4.02. The maximum absolute atomic E-state index is 14.9. The van der Waals surface area contributed by atoms with Gasteiger partial charge in [0.05, 0.1) is 29.3 Å². The van der Waals surface area contributed by atoms with Crippen molar-refractivity contribution in [3.8, 4) is 22.5 Å². The molecule has 3 atom stereocenters. The van der Waals surface area contributed by atoms with Crippen molar-refractivity contribution in [3.05, 3.63) is 99.4 Å². The Balaban J connectivity index is 1.28. The Morgan fingerprint density at radius 1 is 0.889 bits per heavy atom. The third kappa shape index (κ3) is 7.61. The van der Waals surface area contributed by atoms with E-state index in [1.54, 1.807) is 18.5 Å². The maximum atomic E-state index is 14.9. The van der Waals surface area contributed by atoms with Gasteiger partial charge in [-0.25, -0.2) is 4.98 Å². The molecule has 3 heterocycles. The van der Waals surface area contributed by atoms with Crippen LogP contribution in [0.25, 0.3) is 33.4 Å². The molecule has 9 nitrogen and oxygen atoms in total. The Bertz CT molecular complexity index is 2170. The van der Waals surface area contributed by atoms with Crippen LogP contribution in [0.5, 0.6) is 0 Å². The molecule has 0 radical (unpaired) electrons. The molecule has 1 saturated carbocycles. The molecule has 2 aliphatic rings. The summed E-state index contributed by atoms with van der Waals surface area (Å²) >= 11 is 19.6. The molecule has 12 heteroatoms. The monoisotopic (exact) mass is 787 g/mol. The molecule has 2 aromatic heterocycles. The van der Waals surface area contributed by atoms with E-state index in [9.17, 15) is 9.59 Å². The van der Waals surface area contributed by atoms with Gasteiger partial charge in [0.25, 0.3) is 5.91 Å². The van der Waals surface area contributed by atoms with Crippen LogP contribution in [-0.4, -0.2) is 62.2 Å². The number of piperidine rings is 1. The molecular formula is C42H48Cl3N7O2. The van der Waals surface area contributed by atoms with E-state index in [1.807, 2.05) is 75.4 Å². The number of nitrogens with one attached hydrogen (secondary N) is 2. The number of likely N-dealkylation sites (tertiary alicyclic amines) is 1. The van der Waals surface area contributed by atoms with Crippen molar-refractivity contribution in [2.45, 2.75) is 90.4 Å². The van der Waals surface area contributed by atoms with Gasteiger partial charge in [0, 0.05) is 68.2 Å². The number of aromatic nitrogens is 3. The van der Waals surface area contributed by atoms with Crippen molar-refractivity contribution in [1.82, 2.24) is 29.8 Å². The zero-order valence-corrected chi connectivity index (χ0v) is 33.5. The van der Waals surface area contributed by atoms with Crippen molar-refractivity contribution in [1.29, 1.82) is 0 Å². The summed E-state index contributed by atoms with van der Waals surface area (Å²) < 4.78 is 3.53. The average Bonchev–Trinajstić information content (AvgIpc) is 3.70. The lowest BCUT2D eigenvalue weighted by atomic mass is 9.87. The van der Waals surface area contributed by atoms with E-state index in [1.165, 1.54) is 4.68 Å². The minimum Gasteiger partial charge on any atom is -0.353 e. The van der Waals surface area contributed by atoms with Crippen LogP contribution in [-0.2, 0) is 4.79 Å². The first-order valence-electron chi connectivity index (χ1n) is 18.8. The SMILES string of the molecule is C[C@@H](c1ccc(Cl)cc1Cl)n1cnc(-c2ccccc2)c1-c1c(C(=O)N[C@H]2CCCCC2N2CCC(NC(=O)C(C)(C)C)CC2)n(N)c2cc(Cl)ccc12. The van der Waals surface area contributed by atoms with Crippen LogP contribution in [0, 0.1) is 5.41 Å². The first-order chi connectivity index (χ1) is 25.8. The zero-order chi connectivity index (χ0) is 38.3. The average molecular weight is 789 g/mol. The summed E-state index contributed by atoms with van der Waals surface area (Å²) in [4.78, 5) is 35.1. The highest BCUT2D eigenvalue weighted by Crippen LogP contribution is 2.43. The van der Waals surface area contributed by atoms with Gasteiger partial charge >= 0.3 is 0 Å². The van der Waals surface area contributed by atoms with Gasteiger partial charge in [0.15, 0.2) is 0 Å². The molecule has 54 heavy (non-hydrogen) atoms. The Morgan fingerprint density at radius 3 is 2.28 bits per heavy atom. The lowest BCUT2D eigenvalue weighted by Crippen LogP contribution is -2.57. The number of benzene rings is 3. The first kappa shape index (κ1) is 38.3. The number of imidazole rings is 1. The lowest BCUT2D eigenvalue weighted by molar-refractivity contribution is -0.129. The Labute approximate surface area is 332 Å². The topological polar surface area (TPSA) is 110 Å². The van der Waals surface area contributed by atoms with E-state index < -0.39 is 5.41 Å². The highest BCUT2D eigenvalue weighted by Gasteiger charge is 2.37. The van der Waals surface area contributed by atoms with Crippen molar-refractivity contribution < 1.29 is 9.59 Å². The van der Waals surface area contributed by atoms with Gasteiger partial charge in [-0.2, -0.15) is 0 Å². The van der Waals surface area contributed by atoms with E-state index in [0.29, 0.717) is 37.5 Å². The number of hydrogen-bond donors (Lipinski definition) is 3. The van der Waals surface area contributed by atoms with Gasteiger partial charge in [-0.3, -0.25) is 19.2 Å². The van der Waals surface area contributed by atoms with E-state index in [-0.39, 0.29) is 36.0 Å². The smallest absolute Gasteiger partial charge is 0.270 e. The Morgan fingerprint density at radius 2 is 1.57 bits per heavy atom. The highest BCUT2D eigenvalue weighted by atomic mass is 35.5. The van der Waals surface area contributed by atoms with E-state index in [4.69, 9.17) is 45.6 Å². The molecule has 4 N–H and O–H groups in total. The molecule has 2 amide bonds. The number of amides is 2. The summed E-state index contributed by atoms with van der Waals surface area (Å²) in [5, 5.41) is 9.09. The summed E-state index contributed by atoms with van der Waals surface area (Å²) in [7, 11) is 0. The molecule has 1 unspecified atom stereocenters. The van der Waals surface area contributed by atoms with Gasteiger partial charge < -0.3 is 21.0 Å². The molecule has 5 aromatic rings. The number of nitrogen functional groups attached to an aromatic ring is 1. The molecular weight excluding hydrogens is 741 g/mol. The highest BCUT2D eigenvalue weighted by molar-refractivity contribution is 6.35. The predicted molar refractivity (Wildman–Crippen MR) is 220 cm³/mol. The van der Waals surface area contributed by atoms with E-state index in [0.717, 1.165) is 73.8 Å². The number of fused-ring (bicyclic) bond motifs is 1. The molecule has 1 aliphatic heterocycles. The van der Waals surface area contributed by atoms with Gasteiger partial charge in [-0.1, -0.05) is 111 Å². The third-order valence-electron chi connectivity index (χ3n) is 11.1. The largest absolute Gasteiger partial charge is 0.353 e. The van der Waals surface area contributed by atoms with Crippen molar-refractivity contribution in [2.24, 2.45) is 5.41 Å². The maximum Gasteiger partial charge on any atom is 0.270 e. The summed E-state index contributed by atoms with van der Waals surface area (Å²) in [6.07, 6.45) is 7.54. The number of nitrogens with two attached hydrogens (primary N) is 1. The minimum absolute atomic E-state index is 0.0771. The van der Waals surface area contributed by atoms with Crippen LogP contribution < -0.4 is 16.5 Å². The Kier molecular flexibility index (Phi) is 11.1. The summed E-state index contributed by atoms with van der Waals surface area (Å²) in [5.41, 5.74) is 4.40. The molecule has 7 rings (SSSR count). The quantitative estimate of drug-likeness (QED) is 0.136. The second-order valence-corrected chi connectivity index (χ2v) is 17.1. The third-order valence-corrected chi connectivity index (χ3v) is 11.9. The molecule has 1 saturated heterocycles. The number of nitrogens with zero attached hydrogens (tertiary/aromatic N) is 4. The summed E-state index contributed by atoms with van der Waals surface area (Å²) in [6.45, 7) is 9.60. The summed E-state index contributed by atoms with van der Waals surface area (Å²) in [5.74, 6) is 6.76. The molecule has 0 bridgehead atoms. The van der Waals surface area contributed by atoms with Crippen LogP contribution in [0.2, 0.25) is 15.1 Å². The second kappa shape index (κ2) is 15.6. The van der Waals surface area contributed by atoms with E-state index >= 15 is 0 Å². The number of carbonyl (C=O) groups is 2. The normalized spacial score (nSPS) is 19.2. The van der Waals surface area contributed by atoms with Gasteiger partial charge in [0.2, 0.25) is 5.91 Å². The zero-order valence-electron chi connectivity index (χ0n) is 31.2. The van der Waals surface area contributed by atoms with Crippen LogP contribution >= 0.6 is 34.8 Å². The fourth-order valence-electron chi connectivity index (χ4n) is 8.18. The van der Waals surface area contributed by atoms with Gasteiger partial charge in [0.1, 0.15) is 5.69 Å². The molecule has 2 fully saturated rings. The first-order valence-corrected chi connectivity index (χ1v) is 20.0. The van der Waals surface area contributed by atoms with Crippen LogP contribution in [0.4, 0.5) is 0 Å². The van der Waals surface area contributed by atoms with Crippen molar-refractivity contribution in [2.75, 3.05) is 18.9 Å². The molecule has 284 valence electrons. The minimum atomic E-state index is -0.425. The predicted octanol–water partition coefficient (Wildman–Crippen LogP) is 9.12. The molecule has 3 aromatic carbocycles. The molecule has 0 spiro atoms. The second-order valence-electron chi connectivity index (χ2n) is 15.8.